The summed E-state index contributed by atoms with van der Waals surface area (Å²) >= 11 is 0. The monoisotopic (exact) mass is 353 g/mol. The SMILES string of the molecule is N/C(=N\OCCOc1ccccc1)c1ccccc1CN1CCCCC1. The van der Waals surface area contributed by atoms with Gasteiger partial charge in [-0.15, -0.1) is 0 Å². The Morgan fingerprint density at radius 3 is 2.46 bits per heavy atom. The van der Waals surface area contributed by atoms with E-state index in [4.69, 9.17) is 15.3 Å². The summed E-state index contributed by atoms with van der Waals surface area (Å²) in [6, 6.07) is 17.8. The van der Waals surface area contributed by atoms with Crippen LogP contribution in [0.15, 0.2) is 59.8 Å². The fourth-order valence-corrected chi connectivity index (χ4v) is 3.14. The lowest BCUT2D eigenvalue weighted by Gasteiger charge is -2.27. The molecule has 1 heterocycles. The van der Waals surface area contributed by atoms with Crippen molar-refractivity contribution in [3.63, 3.8) is 0 Å². The molecule has 1 aliphatic rings. The van der Waals surface area contributed by atoms with Crippen molar-refractivity contribution in [3.8, 4) is 5.75 Å². The maximum absolute atomic E-state index is 6.16. The van der Waals surface area contributed by atoms with Gasteiger partial charge in [-0.1, -0.05) is 54.0 Å². The van der Waals surface area contributed by atoms with E-state index in [0.29, 0.717) is 19.0 Å². The third-order valence-electron chi connectivity index (χ3n) is 4.49. The molecule has 0 amide bonds. The van der Waals surface area contributed by atoms with E-state index < -0.39 is 0 Å². The number of piperidine rings is 1. The molecule has 5 heteroatoms. The number of likely N-dealkylation sites (tertiary alicyclic amines) is 1. The molecule has 0 saturated carbocycles. The van der Waals surface area contributed by atoms with Crippen LogP contribution in [-0.2, 0) is 11.4 Å². The van der Waals surface area contributed by atoms with Gasteiger partial charge in [0.05, 0.1) is 0 Å². The number of ether oxygens (including phenoxy) is 1. The molecule has 2 aromatic rings. The number of hydrogen-bond donors (Lipinski definition) is 1. The van der Waals surface area contributed by atoms with Crippen molar-refractivity contribution in [3.05, 3.63) is 65.7 Å². The van der Waals surface area contributed by atoms with Gasteiger partial charge in [0.1, 0.15) is 12.4 Å². The number of amidine groups is 1. The van der Waals surface area contributed by atoms with Crippen LogP contribution in [0, 0.1) is 0 Å². The summed E-state index contributed by atoms with van der Waals surface area (Å²) in [5.41, 5.74) is 8.30. The largest absolute Gasteiger partial charge is 0.490 e. The fraction of sp³-hybridized carbons (Fsp3) is 0.381. The maximum Gasteiger partial charge on any atom is 0.170 e. The van der Waals surface area contributed by atoms with E-state index in [-0.39, 0.29) is 0 Å². The highest BCUT2D eigenvalue weighted by Crippen LogP contribution is 2.16. The van der Waals surface area contributed by atoms with E-state index in [9.17, 15) is 0 Å². The van der Waals surface area contributed by atoms with Crippen molar-refractivity contribution in [2.24, 2.45) is 10.9 Å². The molecular weight excluding hydrogens is 326 g/mol. The summed E-state index contributed by atoms with van der Waals surface area (Å²) < 4.78 is 5.58. The summed E-state index contributed by atoms with van der Waals surface area (Å²) in [6.45, 7) is 3.99. The van der Waals surface area contributed by atoms with Crippen molar-refractivity contribution in [1.82, 2.24) is 4.90 Å². The van der Waals surface area contributed by atoms with E-state index in [0.717, 1.165) is 30.9 Å². The molecular formula is C21H27N3O2. The van der Waals surface area contributed by atoms with Crippen molar-refractivity contribution >= 4 is 5.84 Å². The highest BCUT2D eigenvalue weighted by Gasteiger charge is 2.13. The third kappa shape index (κ3) is 5.49. The lowest BCUT2D eigenvalue weighted by Crippen LogP contribution is -2.30. The molecule has 0 atom stereocenters. The number of nitrogens with two attached hydrogens (primary N) is 1. The summed E-state index contributed by atoms with van der Waals surface area (Å²) in [5.74, 6) is 1.23. The average Bonchev–Trinajstić information content (AvgIpc) is 2.69. The molecule has 1 fully saturated rings. The molecule has 2 aromatic carbocycles. The van der Waals surface area contributed by atoms with Crippen LogP contribution in [0.25, 0.3) is 0 Å². The summed E-state index contributed by atoms with van der Waals surface area (Å²) in [4.78, 5) is 7.82. The third-order valence-corrected chi connectivity index (χ3v) is 4.49. The number of para-hydroxylation sites is 1. The minimum absolute atomic E-state index is 0.351. The lowest BCUT2D eigenvalue weighted by atomic mass is 10.0. The lowest BCUT2D eigenvalue weighted by molar-refractivity contribution is 0.107. The van der Waals surface area contributed by atoms with Gasteiger partial charge >= 0.3 is 0 Å². The quantitative estimate of drug-likeness (QED) is 0.342. The average molecular weight is 353 g/mol. The molecule has 0 bridgehead atoms. The zero-order valence-corrected chi connectivity index (χ0v) is 15.1. The fourth-order valence-electron chi connectivity index (χ4n) is 3.14. The first-order valence-corrected chi connectivity index (χ1v) is 9.27. The van der Waals surface area contributed by atoms with Crippen molar-refractivity contribution in [2.45, 2.75) is 25.8 Å². The van der Waals surface area contributed by atoms with Gasteiger partial charge < -0.3 is 15.3 Å². The number of oxime groups is 1. The molecule has 26 heavy (non-hydrogen) atoms. The van der Waals surface area contributed by atoms with Gasteiger partial charge in [0.2, 0.25) is 0 Å². The Labute approximate surface area is 155 Å². The van der Waals surface area contributed by atoms with Crippen LogP contribution in [0.1, 0.15) is 30.4 Å². The Bertz CT molecular complexity index is 697. The Balaban J connectivity index is 1.51. The second-order valence-corrected chi connectivity index (χ2v) is 6.47. The van der Waals surface area contributed by atoms with Crippen LogP contribution >= 0.6 is 0 Å². The van der Waals surface area contributed by atoms with E-state index in [1.165, 1.54) is 24.8 Å². The Morgan fingerprint density at radius 1 is 0.923 bits per heavy atom. The Kier molecular flexibility index (Phi) is 6.90. The zero-order valence-electron chi connectivity index (χ0n) is 15.1. The molecule has 3 rings (SSSR count). The maximum atomic E-state index is 6.16. The molecule has 138 valence electrons. The Hall–Kier alpha value is -2.53. The first-order valence-electron chi connectivity index (χ1n) is 9.27. The Morgan fingerprint density at radius 2 is 1.65 bits per heavy atom. The minimum atomic E-state index is 0.351. The van der Waals surface area contributed by atoms with Crippen molar-refractivity contribution < 1.29 is 9.57 Å². The molecule has 5 nitrogen and oxygen atoms in total. The molecule has 0 aliphatic carbocycles. The van der Waals surface area contributed by atoms with Crippen LogP contribution in [0.5, 0.6) is 5.75 Å². The smallest absolute Gasteiger partial charge is 0.170 e. The van der Waals surface area contributed by atoms with Gasteiger partial charge in [-0.05, 0) is 43.6 Å². The molecule has 0 radical (unpaired) electrons. The van der Waals surface area contributed by atoms with Gasteiger partial charge in [-0.3, -0.25) is 4.90 Å². The second kappa shape index (κ2) is 9.82. The molecule has 2 N–H and O–H groups in total. The van der Waals surface area contributed by atoms with E-state index in [1.807, 2.05) is 48.5 Å². The van der Waals surface area contributed by atoms with Gasteiger partial charge in [0, 0.05) is 12.1 Å². The van der Waals surface area contributed by atoms with Crippen molar-refractivity contribution in [2.75, 3.05) is 26.3 Å². The number of rotatable bonds is 8. The predicted octanol–water partition coefficient (Wildman–Crippen LogP) is 3.39. The van der Waals surface area contributed by atoms with Gasteiger partial charge in [-0.2, -0.15) is 0 Å². The van der Waals surface area contributed by atoms with Crippen LogP contribution in [-0.4, -0.2) is 37.0 Å². The predicted molar refractivity (Wildman–Crippen MR) is 104 cm³/mol. The summed E-state index contributed by atoms with van der Waals surface area (Å²) in [7, 11) is 0. The minimum Gasteiger partial charge on any atom is -0.490 e. The molecule has 1 saturated heterocycles. The van der Waals surface area contributed by atoms with Crippen LogP contribution in [0.2, 0.25) is 0 Å². The number of nitrogens with zero attached hydrogens (tertiary/aromatic N) is 2. The van der Waals surface area contributed by atoms with Crippen LogP contribution in [0.3, 0.4) is 0 Å². The standard InChI is InChI=1S/C21H27N3O2/c22-21(23-26-16-15-25-19-10-3-1-4-11-19)20-12-6-5-9-18(20)17-24-13-7-2-8-14-24/h1,3-6,9-12H,2,7-8,13-17H2,(H2,22,23). The van der Waals surface area contributed by atoms with Gasteiger partial charge in [0.15, 0.2) is 12.4 Å². The first-order chi connectivity index (χ1) is 12.8. The highest BCUT2D eigenvalue weighted by atomic mass is 16.6. The molecule has 0 spiro atoms. The van der Waals surface area contributed by atoms with Crippen LogP contribution in [0.4, 0.5) is 0 Å². The molecule has 1 aliphatic heterocycles. The van der Waals surface area contributed by atoms with Gasteiger partial charge in [0.25, 0.3) is 0 Å². The normalized spacial score (nSPS) is 15.6. The number of hydrogen-bond acceptors (Lipinski definition) is 4. The molecule has 0 aromatic heterocycles. The summed E-state index contributed by atoms with van der Waals surface area (Å²) in [5, 5.41) is 4.08. The number of benzene rings is 2. The summed E-state index contributed by atoms with van der Waals surface area (Å²) in [6.07, 6.45) is 3.88. The second-order valence-electron chi connectivity index (χ2n) is 6.47. The van der Waals surface area contributed by atoms with E-state index >= 15 is 0 Å². The zero-order chi connectivity index (χ0) is 18.0. The molecule has 0 unspecified atom stereocenters. The first kappa shape index (κ1) is 18.3. The van der Waals surface area contributed by atoms with Crippen molar-refractivity contribution in [1.29, 1.82) is 0 Å². The van der Waals surface area contributed by atoms with Gasteiger partial charge in [-0.25, -0.2) is 0 Å². The van der Waals surface area contributed by atoms with Crippen LogP contribution < -0.4 is 10.5 Å². The van der Waals surface area contributed by atoms with E-state index in [1.54, 1.807) is 0 Å². The topological polar surface area (TPSA) is 60.1 Å². The highest BCUT2D eigenvalue weighted by molar-refractivity contribution is 5.98. The van der Waals surface area contributed by atoms with E-state index in [2.05, 4.69) is 16.1 Å².